The molecule has 0 bridgehead atoms. The lowest BCUT2D eigenvalue weighted by Crippen LogP contribution is -2.24. The van der Waals surface area contributed by atoms with E-state index in [0.717, 1.165) is 24.9 Å². The number of carbonyl (C=O) groups is 1. The molecule has 0 unspecified atom stereocenters. The van der Waals surface area contributed by atoms with E-state index in [1.54, 1.807) is 6.07 Å². The van der Waals surface area contributed by atoms with Crippen molar-refractivity contribution in [3.8, 4) is 5.75 Å². The van der Waals surface area contributed by atoms with Gasteiger partial charge in [0.05, 0.1) is 26.4 Å². The molecule has 0 aliphatic carbocycles. The number of phenols is 1. The van der Waals surface area contributed by atoms with Gasteiger partial charge in [0.2, 0.25) is 23.8 Å². The van der Waals surface area contributed by atoms with Gasteiger partial charge < -0.3 is 35.8 Å². The maximum atomic E-state index is 13.5. The maximum Gasteiger partial charge on any atom is 0.229 e. The van der Waals surface area contributed by atoms with E-state index in [2.05, 4.69) is 43.1 Å². The number of carbonyl (C=O) groups excluding carboxylic acids is 1. The number of phenolic OH excluding ortho intramolecular Hbond substituents is 1. The lowest BCUT2D eigenvalue weighted by molar-refractivity contribution is -0.122. The number of halogens is 2. The predicted molar refractivity (Wildman–Crippen MR) is 152 cm³/mol. The van der Waals surface area contributed by atoms with Crippen molar-refractivity contribution < 1.29 is 28.2 Å². The number of ether oxygens (including phenoxy) is 2. The highest BCUT2D eigenvalue weighted by molar-refractivity contribution is 5.75. The third-order valence-electron chi connectivity index (χ3n) is 5.67. The molecule has 0 aliphatic rings. The van der Waals surface area contributed by atoms with Gasteiger partial charge in [0.15, 0.2) is 11.6 Å². The number of aromatic nitrogens is 3. The molecular formula is C28H37F2N7O4. The van der Waals surface area contributed by atoms with Crippen LogP contribution in [0.3, 0.4) is 0 Å². The van der Waals surface area contributed by atoms with E-state index in [-0.39, 0.29) is 31.3 Å². The van der Waals surface area contributed by atoms with Crippen molar-refractivity contribution in [2.75, 3.05) is 55.5 Å². The zero-order valence-corrected chi connectivity index (χ0v) is 23.1. The Hall–Kier alpha value is -4.10. The minimum Gasteiger partial charge on any atom is -0.505 e. The number of nitrogens with one attached hydrogen (secondary N) is 4. The first-order valence-corrected chi connectivity index (χ1v) is 13.5. The van der Waals surface area contributed by atoms with Gasteiger partial charge in [0.25, 0.3) is 0 Å². The molecule has 2 aromatic carbocycles. The van der Waals surface area contributed by atoms with Crippen LogP contribution in [0.4, 0.5) is 26.6 Å². The van der Waals surface area contributed by atoms with E-state index in [1.807, 2.05) is 6.07 Å². The van der Waals surface area contributed by atoms with Crippen molar-refractivity contribution in [2.45, 2.75) is 39.3 Å². The van der Waals surface area contributed by atoms with Crippen LogP contribution in [0.2, 0.25) is 0 Å². The molecule has 11 nitrogen and oxygen atoms in total. The van der Waals surface area contributed by atoms with Crippen molar-refractivity contribution in [2.24, 2.45) is 0 Å². The average molecular weight is 574 g/mol. The molecule has 0 fully saturated rings. The molecule has 41 heavy (non-hydrogen) atoms. The van der Waals surface area contributed by atoms with Gasteiger partial charge in [0, 0.05) is 32.6 Å². The van der Waals surface area contributed by atoms with Crippen LogP contribution < -0.4 is 21.3 Å². The summed E-state index contributed by atoms with van der Waals surface area (Å²) < 4.78 is 37.8. The first-order valence-electron chi connectivity index (χ1n) is 13.5. The molecule has 0 spiro atoms. The first kappa shape index (κ1) is 31.4. The Morgan fingerprint density at radius 1 is 0.829 bits per heavy atom. The fourth-order valence-corrected chi connectivity index (χ4v) is 3.49. The summed E-state index contributed by atoms with van der Waals surface area (Å²) >= 11 is 0. The monoisotopic (exact) mass is 573 g/mol. The number of amides is 1. The third kappa shape index (κ3) is 12.3. The molecule has 0 radical (unpaired) electrons. The summed E-state index contributed by atoms with van der Waals surface area (Å²) in [6.07, 6.45) is 2.17. The van der Waals surface area contributed by atoms with Gasteiger partial charge in [-0.1, -0.05) is 31.5 Å². The summed E-state index contributed by atoms with van der Waals surface area (Å²) in [6, 6.07) is 10.3. The van der Waals surface area contributed by atoms with Crippen molar-refractivity contribution in [1.29, 1.82) is 0 Å². The van der Waals surface area contributed by atoms with E-state index in [1.165, 1.54) is 30.3 Å². The van der Waals surface area contributed by atoms with Gasteiger partial charge in [-0.25, -0.2) is 8.78 Å². The summed E-state index contributed by atoms with van der Waals surface area (Å²) in [7, 11) is 0. The third-order valence-corrected chi connectivity index (χ3v) is 5.67. The minimum atomic E-state index is -0.729. The Morgan fingerprint density at radius 3 is 2.22 bits per heavy atom. The van der Waals surface area contributed by atoms with Crippen LogP contribution in [-0.2, 0) is 27.4 Å². The highest BCUT2D eigenvalue weighted by atomic mass is 19.1. The molecular weight excluding hydrogens is 536 g/mol. The molecule has 0 atom stereocenters. The summed E-state index contributed by atoms with van der Waals surface area (Å²) in [5.74, 6) is -0.517. The Kier molecular flexibility index (Phi) is 13.5. The van der Waals surface area contributed by atoms with Crippen LogP contribution in [0.1, 0.15) is 37.3 Å². The number of nitrogens with zero attached hydrogens (tertiary/aromatic N) is 3. The van der Waals surface area contributed by atoms with Crippen molar-refractivity contribution in [3.05, 3.63) is 65.2 Å². The summed E-state index contributed by atoms with van der Waals surface area (Å²) in [5.41, 5.74) is 1.32. The van der Waals surface area contributed by atoms with Gasteiger partial charge in [-0.2, -0.15) is 15.0 Å². The van der Waals surface area contributed by atoms with Crippen molar-refractivity contribution in [3.63, 3.8) is 0 Å². The summed E-state index contributed by atoms with van der Waals surface area (Å²) in [5, 5.41) is 21.3. The Bertz CT molecular complexity index is 1240. The highest BCUT2D eigenvalue weighted by Crippen LogP contribution is 2.16. The number of unbranched alkanes of at least 4 members (excludes halogenated alkanes) is 1. The predicted octanol–water partition coefficient (Wildman–Crippen LogP) is 3.83. The zero-order chi connectivity index (χ0) is 29.3. The SMILES string of the molecule is CCCCNc1nc(NCCOCCOCCC(=O)NCc2ccc(O)c(F)c2)nc(NCc2cccc(F)c2)n1. The van der Waals surface area contributed by atoms with Crippen LogP contribution in [-0.4, -0.2) is 65.5 Å². The van der Waals surface area contributed by atoms with Crippen LogP contribution in [0, 0.1) is 11.6 Å². The van der Waals surface area contributed by atoms with E-state index >= 15 is 0 Å². The molecule has 3 rings (SSSR count). The second-order valence-electron chi connectivity index (χ2n) is 9.03. The quantitative estimate of drug-likeness (QED) is 0.134. The number of rotatable bonds is 19. The zero-order valence-electron chi connectivity index (χ0n) is 23.1. The molecule has 0 saturated heterocycles. The molecule has 222 valence electrons. The number of benzene rings is 2. The van der Waals surface area contributed by atoms with E-state index < -0.39 is 11.6 Å². The van der Waals surface area contributed by atoms with Crippen molar-refractivity contribution >= 4 is 23.8 Å². The van der Waals surface area contributed by atoms with Gasteiger partial charge in [-0.05, 0) is 41.8 Å². The summed E-state index contributed by atoms with van der Waals surface area (Å²) in [6.45, 7) is 5.06. The molecule has 3 aromatic rings. The number of hydrogen-bond acceptors (Lipinski definition) is 10. The summed E-state index contributed by atoms with van der Waals surface area (Å²) in [4.78, 5) is 25.1. The number of aromatic hydroxyl groups is 1. The lowest BCUT2D eigenvalue weighted by atomic mass is 10.2. The highest BCUT2D eigenvalue weighted by Gasteiger charge is 2.08. The second kappa shape index (κ2) is 17.6. The number of anilines is 3. The molecule has 1 amide bonds. The van der Waals surface area contributed by atoms with Crippen LogP contribution in [0.15, 0.2) is 42.5 Å². The Balaban J connectivity index is 1.31. The smallest absolute Gasteiger partial charge is 0.229 e. The molecule has 13 heteroatoms. The molecule has 1 aromatic heterocycles. The van der Waals surface area contributed by atoms with Crippen LogP contribution in [0.25, 0.3) is 0 Å². The van der Waals surface area contributed by atoms with E-state index in [0.29, 0.717) is 56.3 Å². The minimum absolute atomic E-state index is 0.158. The second-order valence-corrected chi connectivity index (χ2v) is 9.03. The fraction of sp³-hybridized carbons (Fsp3) is 0.429. The van der Waals surface area contributed by atoms with Gasteiger partial charge in [-0.3, -0.25) is 4.79 Å². The maximum absolute atomic E-state index is 13.5. The molecule has 0 aliphatic heterocycles. The average Bonchev–Trinajstić information content (AvgIpc) is 2.96. The van der Waals surface area contributed by atoms with Crippen LogP contribution >= 0.6 is 0 Å². The molecule has 0 saturated carbocycles. The largest absolute Gasteiger partial charge is 0.505 e. The van der Waals surface area contributed by atoms with Gasteiger partial charge in [-0.15, -0.1) is 0 Å². The molecule has 5 N–H and O–H groups in total. The molecule has 1 heterocycles. The first-order chi connectivity index (χ1) is 19.9. The normalized spacial score (nSPS) is 10.8. The van der Waals surface area contributed by atoms with E-state index in [9.17, 15) is 18.7 Å². The Labute approximate surface area is 238 Å². The van der Waals surface area contributed by atoms with E-state index in [4.69, 9.17) is 9.47 Å². The lowest BCUT2D eigenvalue weighted by Gasteiger charge is -2.12. The number of hydrogen-bond donors (Lipinski definition) is 5. The van der Waals surface area contributed by atoms with Crippen LogP contribution in [0.5, 0.6) is 5.75 Å². The fourth-order valence-electron chi connectivity index (χ4n) is 3.49. The standard InChI is InChI=1S/C28H37F2N7O4/c1-2-3-10-31-26-35-27(37-28(36-26)34-19-20-5-4-6-22(29)16-20)32-11-13-41-15-14-40-12-9-25(39)33-18-21-7-8-24(38)23(30)17-21/h4-8,16-17,38H,2-3,9-15,18-19H2,1H3,(H,33,39)(H3,31,32,34,35,36,37). The van der Waals surface area contributed by atoms with Gasteiger partial charge >= 0.3 is 0 Å². The topological polar surface area (TPSA) is 143 Å². The van der Waals surface area contributed by atoms with Gasteiger partial charge in [0.1, 0.15) is 5.82 Å². The van der Waals surface area contributed by atoms with Crippen molar-refractivity contribution in [1.82, 2.24) is 20.3 Å². The Morgan fingerprint density at radius 2 is 1.51 bits per heavy atom.